The lowest BCUT2D eigenvalue weighted by Gasteiger charge is -2.09. The van der Waals surface area contributed by atoms with Gasteiger partial charge in [-0.2, -0.15) is 5.10 Å². The van der Waals surface area contributed by atoms with Crippen LogP contribution in [0.4, 0.5) is 0 Å². The van der Waals surface area contributed by atoms with Crippen molar-refractivity contribution in [2.24, 2.45) is 0 Å². The fraction of sp³-hybridized carbons (Fsp3) is 0.286. The van der Waals surface area contributed by atoms with Gasteiger partial charge in [0, 0.05) is 5.33 Å². The van der Waals surface area contributed by atoms with Gasteiger partial charge in [0.05, 0.1) is 25.1 Å². The molecule has 0 amide bonds. The lowest BCUT2D eigenvalue weighted by atomic mass is 10.2. The van der Waals surface area contributed by atoms with Crippen LogP contribution >= 0.6 is 15.9 Å². The van der Waals surface area contributed by atoms with Crippen molar-refractivity contribution >= 4 is 21.9 Å². The van der Waals surface area contributed by atoms with Crippen molar-refractivity contribution in [3.63, 3.8) is 0 Å². The van der Waals surface area contributed by atoms with Crippen molar-refractivity contribution in [1.82, 2.24) is 9.78 Å². The smallest absolute Gasteiger partial charge is 0.345 e. The van der Waals surface area contributed by atoms with Gasteiger partial charge in [-0.1, -0.05) is 34.1 Å². The second-order valence-electron chi connectivity index (χ2n) is 4.04. The predicted octanol–water partition coefficient (Wildman–Crippen LogP) is 2.74. The minimum Gasteiger partial charge on any atom is -0.476 e. The molecule has 2 aromatic rings. The van der Waals surface area contributed by atoms with Crippen LogP contribution in [0.2, 0.25) is 0 Å². The van der Waals surface area contributed by atoms with E-state index in [9.17, 15) is 4.79 Å². The summed E-state index contributed by atoms with van der Waals surface area (Å²) in [6.45, 7) is 2.19. The molecule has 0 spiro atoms. The first kappa shape index (κ1) is 14.6. The molecule has 2 rings (SSSR count). The third-order valence-corrected chi connectivity index (χ3v) is 3.05. The topological polar surface area (TPSA) is 53.3 Å². The Balaban J connectivity index is 2.54. The number of rotatable bonds is 5. The van der Waals surface area contributed by atoms with Crippen LogP contribution in [0, 0.1) is 6.92 Å². The van der Waals surface area contributed by atoms with Crippen LogP contribution in [0.5, 0.6) is 5.88 Å². The summed E-state index contributed by atoms with van der Waals surface area (Å²) in [5.41, 5.74) is 1.76. The minimum absolute atomic E-state index is 0.359. The molecule has 0 unspecified atom stereocenters. The summed E-state index contributed by atoms with van der Waals surface area (Å²) in [6.07, 6.45) is 0. The summed E-state index contributed by atoms with van der Waals surface area (Å²) in [4.78, 5) is 11.9. The Morgan fingerprint density at radius 1 is 1.35 bits per heavy atom. The Hall–Kier alpha value is -1.82. The molecule has 0 saturated carbocycles. The Kier molecular flexibility index (Phi) is 4.79. The minimum atomic E-state index is -0.450. The number of aryl methyl sites for hydroxylation is 1. The molecule has 0 radical (unpaired) electrons. The Bertz CT molecular complexity index is 596. The molecular weight excluding hydrogens is 324 g/mol. The van der Waals surface area contributed by atoms with Crippen molar-refractivity contribution in [3.05, 3.63) is 41.6 Å². The quantitative estimate of drug-likeness (QED) is 0.621. The van der Waals surface area contributed by atoms with Gasteiger partial charge in [0.1, 0.15) is 5.56 Å². The number of alkyl halides is 1. The maximum atomic E-state index is 11.9. The molecule has 0 aliphatic carbocycles. The van der Waals surface area contributed by atoms with Gasteiger partial charge in [-0.15, -0.1) is 0 Å². The van der Waals surface area contributed by atoms with E-state index in [1.165, 1.54) is 7.11 Å². The summed E-state index contributed by atoms with van der Waals surface area (Å²) >= 11 is 3.30. The molecule has 0 atom stereocenters. The molecule has 1 aromatic carbocycles. The predicted molar refractivity (Wildman–Crippen MR) is 78.9 cm³/mol. The van der Waals surface area contributed by atoms with Gasteiger partial charge < -0.3 is 9.47 Å². The molecule has 0 N–H and O–H groups in total. The molecule has 20 heavy (non-hydrogen) atoms. The van der Waals surface area contributed by atoms with E-state index in [1.54, 1.807) is 11.6 Å². The van der Waals surface area contributed by atoms with Crippen molar-refractivity contribution in [1.29, 1.82) is 0 Å². The first-order valence-electron chi connectivity index (χ1n) is 6.11. The number of carbonyl (C=O) groups is 1. The number of aromatic nitrogens is 2. The van der Waals surface area contributed by atoms with Crippen molar-refractivity contribution in [3.8, 4) is 11.6 Å². The zero-order valence-corrected chi connectivity index (χ0v) is 12.9. The van der Waals surface area contributed by atoms with Crippen molar-refractivity contribution < 1.29 is 14.3 Å². The molecule has 6 heteroatoms. The Morgan fingerprint density at radius 2 is 2.05 bits per heavy atom. The lowest BCUT2D eigenvalue weighted by molar-refractivity contribution is 0.0595. The first-order chi connectivity index (χ1) is 9.69. The SMILES string of the molecule is COC(=O)c1c(C)nn(-c2ccccc2)c1OCCBr. The second kappa shape index (κ2) is 6.56. The standard InChI is InChI=1S/C14H15BrN2O3/c1-10-12(14(18)19-2)13(20-9-8-15)17(16-10)11-6-4-3-5-7-11/h3-7H,8-9H2,1-2H3. The molecule has 5 nitrogen and oxygen atoms in total. The molecule has 0 bridgehead atoms. The van der Waals surface area contributed by atoms with Crippen LogP contribution in [0.15, 0.2) is 30.3 Å². The highest BCUT2D eigenvalue weighted by Crippen LogP contribution is 2.26. The molecule has 0 saturated heterocycles. The average molecular weight is 339 g/mol. The Morgan fingerprint density at radius 3 is 2.65 bits per heavy atom. The van der Waals surface area contributed by atoms with Crippen LogP contribution in [-0.4, -0.2) is 34.8 Å². The lowest BCUT2D eigenvalue weighted by Crippen LogP contribution is -2.09. The van der Waals surface area contributed by atoms with Gasteiger partial charge >= 0.3 is 5.97 Å². The first-order valence-corrected chi connectivity index (χ1v) is 7.23. The normalized spacial score (nSPS) is 10.3. The van der Waals surface area contributed by atoms with E-state index in [1.807, 2.05) is 30.3 Å². The molecular formula is C14H15BrN2O3. The molecule has 0 aliphatic heterocycles. The molecule has 0 fully saturated rings. The summed E-state index contributed by atoms with van der Waals surface area (Å²) in [5.74, 6) is -0.0470. The van der Waals surface area contributed by atoms with Gasteiger partial charge in [-0.3, -0.25) is 0 Å². The second-order valence-corrected chi connectivity index (χ2v) is 4.83. The maximum absolute atomic E-state index is 11.9. The number of carbonyl (C=O) groups excluding carboxylic acids is 1. The number of halogens is 1. The van der Waals surface area contributed by atoms with Crippen molar-refractivity contribution in [2.45, 2.75) is 6.92 Å². The van der Waals surface area contributed by atoms with Crippen molar-refractivity contribution in [2.75, 3.05) is 19.0 Å². The van der Waals surface area contributed by atoms with Gasteiger partial charge in [-0.05, 0) is 19.1 Å². The third kappa shape index (κ3) is 2.85. The monoisotopic (exact) mass is 338 g/mol. The van der Waals surface area contributed by atoms with E-state index in [0.29, 0.717) is 29.1 Å². The van der Waals surface area contributed by atoms with Gasteiger partial charge in [-0.25, -0.2) is 9.48 Å². The zero-order chi connectivity index (χ0) is 14.5. The number of para-hydroxylation sites is 1. The zero-order valence-electron chi connectivity index (χ0n) is 11.3. The summed E-state index contributed by atoms with van der Waals surface area (Å²) < 4.78 is 12.1. The fourth-order valence-electron chi connectivity index (χ4n) is 1.86. The van der Waals surface area contributed by atoms with Crippen LogP contribution in [-0.2, 0) is 4.74 Å². The van der Waals surface area contributed by atoms with Crippen LogP contribution < -0.4 is 4.74 Å². The molecule has 1 aromatic heterocycles. The van der Waals surface area contributed by atoms with E-state index in [4.69, 9.17) is 9.47 Å². The Labute approximate surface area is 125 Å². The molecule has 0 aliphatic rings. The highest BCUT2D eigenvalue weighted by molar-refractivity contribution is 9.09. The van der Waals surface area contributed by atoms with Crippen LogP contribution in [0.3, 0.4) is 0 Å². The number of nitrogens with zero attached hydrogens (tertiary/aromatic N) is 2. The van der Waals surface area contributed by atoms with Gasteiger partial charge in [0.2, 0.25) is 5.88 Å². The molecule has 106 valence electrons. The van der Waals surface area contributed by atoms with Gasteiger partial charge in [0.15, 0.2) is 0 Å². The largest absolute Gasteiger partial charge is 0.476 e. The number of methoxy groups -OCH3 is 1. The number of benzene rings is 1. The molecule has 1 heterocycles. The number of esters is 1. The van der Waals surface area contributed by atoms with Gasteiger partial charge in [0.25, 0.3) is 0 Å². The third-order valence-electron chi connectivity index (χ3n) is 2.72. The highest BCUT2D eigenvalue weighted by atomic mass is 79.9. The summed E-state index contributed by atoms with van der Waals surface area (Å²) in [6, 6.07) is 9.51. The highest BCUT2D eigenvalue weighted by Gasteiger charge is 2.24. The van der Waals surface area contributed by atoms with E-state index in [0.717, 1.165) is 5.69 Å². The fourth-order valence-corrected chi connectivity index (χ4v) is 2.02. The number of ether oxygens (including phenoxy) is 2. The summed E-state index contributed by atoms with van der Waals surface area (Å²) in [7, 11) is 1.34. The van der Waals surface area contributed by atoms with E-state index in [-0.39, 0.29) is 0 Å². The van der Waals surface area contributed by atoms with Crippen LogP contribution in [0.1, 0.15) is 16.1 Å². The summed E-state index contributed by atoms with van der Waals surface area (Å²) in [5, 5.41) is 5.04. The average Bonchev–Trinajstić information content (AvgIpc) is 2.82. The number of hydrogen-bond acceptors (Lipinski definition) is 4. The van der Waals surface area contributed by atoms with E-state index >= 15 is 0 Å². The van der Waals surface area contributed by atoms with Crippen LogP contribution in [0.25, 0.3) is 5.69 Å². The van der Waals surface area contributed by atoms with E-state index in [2.05, 4.69) is 21.0 Å². The number of hydrogen-bond donors (Lipinski definition) is 0. The maximum Gasteiger partial charge on any atom is 0.345 e. The van der Waals surface area contributed by atoms with E-state index < -0.39 is 5.97 Å².